The molecule has 1 aromatic heterocycles. The molecule has 1 unspecified atom stereocenters. The number of anilines is 1. The average Bonchev–Trinajstić information content (AvgIpc) is 2.78. The normalized spacial score (nSPS) is 19.9. The summed E-state index contributed by atoms with van der Waals surface area (Å²) in [7, 11) is 1.42. The summed E-state index contributed by atoms with van der Waals surface area (Å²) in [4.78, 5) is 21.9. The molecule has 1 aliphatic rings. The Balaban J connectivity index is 2.03. The zero-order valence-corrected chi connectivity index (χ0v) is 9.51. The molecule has 1 aromatic rings. The first-order valence-corrected chi connectivity index (χ1v) is 5.32. The third-order valence-electron chi connectivity index (χ3n) is 2.77. The standard InChI is InChI=1S/C11H15N3O2/c1-8-5-12-11(13-6-8)14-4-3-9(7-14)10(15)16-2/h5-6,9H,3-4,7H2,1-2H3. The number of methoxy groups -OCH3 is 1. The maximum absolute atomic E-state index is 11.4. The van der Waals surface area contributed by atoms with E-state index in [1.807, 2.05) is 11.8 Å². The highest BCUT2D eigenvalue weighted by Gasteiger charge is 2.30. The molecule has 0 saturated carbocycles. The monoisotopic (exact) mass is 221 g/mol. The molecular formula is C11H15N3O2. The summed E-state index contributed by atoms with van der Waals surface area (Å²) < 4.78 is 4.73. The molecule has 1 atom stereocenters. The van der Waals surface area contributed by atoms with Crippen molar-refractivity contribution in [3.05, 3.63) is 18.0 Å². The molecule has 1 aliphatic heterocycles. The molecule has 5 nitrogen and oxygen atoms in total. The van der Waals surface area contributed by atoms with Crippen LogP contribution in [-0.2, 0) is 9.53 Å². The lowest BCUT2D eigenvalue weighted by Crippen LogP contribution is -2.25. The third kappa shape index (κ3) is 2.13. The van der Waals surface area contributed by atoms with E-state index < -0.39 is 0 Å². The van der Waals surface area contributed by atoms with Gasteiger partial charge in [0.25, 0.3) is 0 Å². The average molecular weight is 221 g/mol. The van der Waals surface area contributed by atoms with Gasteiger partial charge < -0.3 is 9.64 Å². The van der Waals surface area contributed by atoms with E-state index in [0.29, 0.717) is 12.5 Å². The van der Waals surface area contributed by atoms with Gasteiger partial charge in [0.1, 0.15) is 0 Å². The van der Waals surface area contributed by atoms with E-state index in [1.165, 1.54) is 7.11 Å². The van der Waals surface area contributed by atoms with Gasteiger partial charge >= 0.3 is 5.97 Å². The van der Waals surface area contributed by atoms with Gasteiger partial charge in [-0.15, -0.1) is 0 Å². The molecule has 0 N–H and O–H groups in total. The van der Waals surface area contributed by atoms with Crippen molar-refractivity contribution in [3.63, 3.8) is 0 Å². The smallest absolute Gasteiger partial charge is 0.310 e. The predicted molar refractivity (Wildman–Crippen MR) is 59.1 cm³/mol. The Morgan fingerprint density at radius 1 is 1.50 bits per heavy atom. The Bertz CT molecular complexity index is 377. The number of aromatic nitrogens is 2. The maximum atomic E-state index is 11.4. The van der Waals surface area contributed by atoms with Crippen LogP contribution in [-0.4, -0.2) is 36.1 Å². The highest BCUT2D eigenvalue weighted by Crippen LogP contribution is 2.21. The number of rotatable bonds is 2. The van der Waals surface area contributed by atoms with E-state index in [0.717, 1.165) is 18.5 Å². The summed E-state index contributed by atoms with van der Waals surface area (Å²) in [6.07, 6.45) is 4.38. The van der Waals surface area contributed by atoms with E-state index in [1.54, 1.807) is 12.4 Å². The van der Waals surface area contributed by atoms with Crippen LogP contribution >= 0.6 is 0 Å². The minimum atomic E-state index is -0.144. The van der Waals surface area contributed by atoms with Gasteiger partial charge in [0.15, 0.2) is 0 Å². The zero-order chi connectivity index (χ0) is 11.5. The van der Waals surface area contributed by atoms with Gasteiger partial charge in [-0.25, -0.2) is 9.97 Å². The van der Waals surface area contributed by atoms with Crippen molar-refractivity contribution in [2.75, 3.05) is 25.1 Å². The van der Waals surface area contributed by atoms with Crippen LogP contribution in [0.25, 0.3) is 0 Å². The van der Waals surface area contributed by atoms with Crippen LogP contribution in [0.3, 0.4) is 0 Å². The van der Waals surface area contributed by atoms with Crippen LogP contribution in [0.4, 0.5) is 5.95 Å². The molecule has 0 amide bonds. The Kier molecular flexibility index (Phi) is 3.03. The first kappa shape index (κ1) is 10.9. The van der Waals surface area contributed by atoms with Gasteiger partial charge in [0.2, 0.25) is 5.95 Å². The molecular weight excluding hydrogens is 206 g/mol. The van der Waals surface area contributed by atoms with Crippen LogP contribution < -0.4 is 4.90 Å². The number of hydrogen-bond acceptors (Lipinski definition) is 5. The fourth-order valence-electron chi connectivity index (χ4n) is 1.85. The van der Waals surface area contributed by atoms with Gasteiger partial charge in [0.05, 0.1) is 13.0 Å². The molecule has 1 fully saturated rings. The summed E-state index contributed by atoms with van der Waals surface area (Å²) in [6, 6.07) is 0. The van der Waals surface area contributed by atoms with Gasteiger partial charge in [-0.3, -0.25) is 4.79 Å². The van der Waals surface area contributed by atoms with Crippen molar-refractivity contribution in [1.82, 2.24) is 9.97 Å². The molecule has 2 rings (SSSR count). The van der Waals surface area contributed by atoms with Crippen LogP contribution in [0.1, 0.15) is 12.0 Å². The molecule has 2 heterocycles. The minimum absolute atomic E-state index is 0.0464. The van der Waals surface area contributed by atoms with Crippen molar-refractivity contribution in [2.24, 2.45) is 5.92 Å². The first-order chi connectivity index (χ1) is 7.70. The summed E-state index contributed by atoms with van der Waals surface area (Å²) in [5.74, 6) is 0.501. The Morgan fingerprint density at radius 2 is 2.19 bits per heavy atom. The van der Waals surface area contributed by atoms with Crippen LogP contribution in [0, 0.1) is 12.8 Å². The molecule has 1 saturated heterocycles. The topological polar surface area (TPSA) is 55.3 Å². The fourth-order valence-corrected chi connectivity index (χ4v) is 1.85. The highest BCUT2D eigenvalue weighted by atomic mass is 16.5. The highest BCUT2D eigenvalue weighted by molar-refractivity contribution is 5.73. The van der Waals surface area contributed by atoms with Crippen LogP contribution in [0.2, 0.25) is 0 Å². The SMILES string of the molecule is COC(=O)C1CCN(c2ncc(C)cn2)C1. The molecule has 0 spiro atoms. The van der Waals surface area contributed by atoms with Gasteiger partial charge in [0, 0.05) is 25.5 Å². The van der Waals surface area contributed by atoms with E-state index in [2.05, 4.69) is 9.97 Å². The lowest BCUT2D eigenvalue weighted by atomic mass is 10.1. The number of carbonyl (C=O) groups excluding carboxylic acids is 1. The van der Waals surface area contributed by atoms with Gasteiger partial charge in [-0.1, -0.05) is 0 Å². The van der Waals surface area contributed by atoms with Crippen molar-refractivity contribution in [2.45, 2.75) is 13.3 Å². The second kappa shape index (κ2) is 4.47. The number of hydrogen-bond donors (Lipinski definition) is 0. The predicted octanol–water partition coefficient (Wildman–Crippen LogP) is 0.784. The molecule has 0 bridgehead atoms. The second-order valence-electron chi connectivity index (χ2n) is 4.02. The van der Waals surface area contributed by atoms with Gasteiger partial charge in [-0.05, 0) is 18.9 Å². The van der Waals surface area contributed by atoms with E-state index in [4.69, 9.17) is 4.74 Å². The van der Waals surface area contributed by atoms with Crippen LogP contribution in [0.5, 0.6) is 0 Å². The minimum Gasteiger partial charge on any atom is -0.469 e. The van der Waals surface area contributed by atoms with E-state index in [-0.39, 0.29) is 11.9 Å². The Hall–Kier alpha value is -1.65. The Morgan fingerprint density at radius 3 is 2.81 bits per heavy atom. The summed E-state index contributed by atoms with van der Waals surface area (Å²) in [5, 5.41) is 0. The van der Waals surface area contributed by atoms with E-state index in [9.17, 15) is 4.79 Å². The van der Waals surface area contributed by atoms with Crippen molar-refractivity contribution < 1.29 is 9.53 Å². The number of esters is 1. The summed E-state index contributed by atoms with van der Waals surface area (Å²) in [6.45, 7) is 3.41. The molecule has 86 valence electrons. The van der Waals surface area contributed by atoms with Crippen molar-refractivity contribution in [3.8, 4) is 0 Å². The molecule has 0 radical (unpaired) electrons. The lowest BCUT2D eigenvalue weighted by Gasteiger charge is -2.15. The number of nitrogens with zero attached hydrogens (tertiary/aromatic N) is 3. The first-order valence-electron chi connectivity index (χ1n) is 5.32. The number of aryl methyl sites for hydroxylation is 1. The van der Waals surface area contributed by atoms with Crippen molar-refractivity contribution in [1.29, 1.82) is 0 Å². The zero-order valence-electron chi connectivity index (χ0n) is 9.51. The Labute approximate surface area is 94.5 Å². The summed E-state index contributed by atoms with van der Waals surface area (Å²) >= 11 is 0. The lowest BCUT2D eigenvalue weighted by molar-refractivity contribution is -0.144. The second-order valence-corrected chi connectivity index (χ2v) is 4.02. The van der Waals surface area contributed by atoms with Gasteiger partial charge in [-0.2, -0.15) is 0 Å². The summed E-state index contributed by atoms with van der Waals surface area (Å²) in [5.41, 5.74) is 1.03. The fraction of sp³-hybridized carbons (Fsp3) is 0.545. The molecule has 0 aliphatic carbocycles. The molecule has 16 heavy (non-hydrogen) atoms. The molecule has 5 heteroatoms. The quantitative estimate of drug-likeness (QED) is 0.691. The third-order valence-corrected chi connectivity index (χ3v) is 2.77. The number of ether oxygens (including phenoxy) is 1. The van der Waals surface area contributed by atoms with E-state index >= 15 is 0 Å². The largest absolute Gasteiger partial charge is 0.469 e. The van der Waals surface area contributed by atoms with Crippen molar-refractivity contribution >= 4 is 11.9 Å². The van der Waals surface area contributed by atoms with Crippen LogP contribution in [0.15, 0.2) is 12.4 Å². The maximum Gasteiger partial charge on any atom is 0.310 e. The molecule has 0 aromatic carbocycles. The number of carbonyl (C=O) groups is 1.